The van der Waals surface area contributed by atoms with E-state index in [0.717, 1.165) is 29.7 Å². The summed E-state index contributed by atoms with van der Waals surface area (Å²) in [6, 6.07) is 6.08. The van der Waals surface area contributed by atoms with Gasteiger partial charge in [-0.3, -0.25) is 4.79 Å². The first kappa shape index (κ1) is 14.5. The van der Waals surface area contributed by atoms with Gasteiger partial charge in [0.15, 0.2) is 6.61 Å². The lowest BCUT2D eigenvalue weighted by Crippen LogP contribution is -2.26. The fourth-order valence-electron chi connectivity index (χ4n) is 1.72. The SMILES string of the molecule is CCC(N)Cc1cccc(C)c1OCC(=O)NC. The van der Waals surface area contributed by atoms with Gasteiger partial charge in [-0.1, -0.05) is 25.1 Å². The largest absolute Gasteiger partial charge is 0.483 e. The Labute approximate surface area is 109 Å². The number of para-hydroxylation sites is 1. The van der Waals surface area contributed by atoms with Crippen molar-refractivity contribution in [1.82, 2.24) is 5.32 Å². The number of nitrogens with one attached hydrogen (secondary N) is 1. The summed E-state index contributed by atoms with van der Waals surface area (Å²) < 4.78 is 5.60. The van der Waals surface area contributed by atoms with Crippen LogP contribution in [-0.2, 0) is 11.2 Å². The highest BCUT2D eigenvalue weighted by Gasteiger charge is 2.11. The summed E-state index contributed by atoms with van der Waals surface area (Å²) in [7, 11) is 1.59. The molecule has 1 unspecified atom stereocenters. The number of aryl methyl sites for hydroxylation is 1. The molecule has 4 heteroatoms. The molecule has 18 heavy (non-hydrogen) atoms. The van der Waals surface area contributed by atoms with Gasteiger partial charge >= 0.3 is 0 Å². The average molecular weight is 250 g/mol. The quantitative estimate of drug-likeness (QED) is 0.802. The third kappa shape index (κ3) is 4.04. The van der Waals surface area contributed by atoms with E-state index < -0.39 is 0 Å². The number of rotatable bonds is 6. The van der Waals surface area contributed by atoms with Crippen LogP contribution >= 0.6 is 0 Å². The van der Waals surface area contributed by atoms with Crippen LogP contribution in [0.1, 0.15) is 24.5 Å². The maximum absolute atomic E-state index is 11.2. The van der Waals surface area contributed by atoms with Crippen molar-refractivity contribution in [1.29, 1.82) is 0 Å². The number of carbonyl (C=O) groups is 1. The van der Waals surface area contributed by atoms with Crippen LogP contribution in [0, 0.1) is 6.92 Å². The third-order valence-corrected chi connectivity index (χ3v) is 2.93. The van der Waals surface area contributed by atoms with Crippen molar-refractivity contribution in [3.63, 3.8) is 0 Å². The zero-order valence-corrected chi connectivity index (χ0v) is 11.3. The van der Waals surface area contributed by atoms with Gasteiger partial charge in [-0.15, -0.1) is 0 Å². The molecule has 4 nitrogen and oxygen atoms in total. The van der Waals surface area contributed by atoms with E-state index in [1.807, 2.05) is 25.1 Å². The molecule has 100 valence electrons. The second-order valence-corrected chi connectivity index (χ2v) is 4.40. The lowest BCUT2D eigenvalue weighted by atomic mass is 10.0. The molecule has 0 aromatic heterocycles. The van der Waals surface area contributed by atoms with E-state index in [0.29, 0.717) is 0 Å². The van der Waals surface area contributed by atoms with Crippen LogP contribution in [0.15, 0.2) is 18.2 Å². The molecule has 0 fully saturated rings. The molecule has 0 aliphatic carbocycles. The van der Waals surface area contributed by atoms with Crippen LogP contribution in [-0.4, -0.2) is 25.6 Å². The van der Waals surface area contributed by atoms with E-state index in [-0.39, 0.29) is 18.6 Å². The zero-order valence-electron chi connectivity index (χ0n) is 11.3. The van der Waals surface area contributed by atoms with Crippen LogP contribution < -0.4 is 15.8 Å². The Balaban J connectivity index is 2.83. The van der Waals surface area contributed by atoms with Gasteiger partial charge in [-0.2, -0.15) is 0 Å². The van der Waals surface area contributed by atoms with E-state index in [1.54, 1.807) is 7.05 Å². The predicted octanol–water partition coefficient (Wildman–Crippen LogP) is 1.40. The Morgan fingerprint density at radius 1 is 1.50 bits per heavy atom. The minimum absolute atomic E-state index is 0.0374. The maximum Gasteiger partial charge on any atom is 0.257 e. The van der Waals surface area contributed by atoms with Crippen LogP contribution in [0.5, 0.6) is 5.75 Å². The van der Waals surface area contributed by atoms with Crippen LogP contribution in [0.25, 0.3) is 0 Å². The summed E-state index contributed by atoms with van der Waals surface area (Å²) in [5, 5.41) is 2.54. The summed E-state index contributed by atoms with van der Waals surface area (Å²) in [6.45, 7) is 4.07. The van der Waals surface area contributed by atoms with Crippen molar-refractivity contribution in [2.24, 2.45) is 5.73 Å². The first-order valence-electron chi connectivity index (χ1n) is 6.25. The number of ether oxygens (including phenoxy) is 1. The minimum atomic E-state index is -0.135. The van der Waals surface area contributed by atoms with Gasteiger partial charge in [-0.05, 0) is 30.9 Å². The molecule has 0 spiro atoms. The van der Waals surface area contributed by atoms with Crippen molar-refractivity contribution >= 4 is 5.91 Å². The summed E-state index contributed by atoms with van der Waals surface area (Å²) in [5.74, 6) is 0.647. The molecule has 1 aromatic rings. The van der Waals surface area contributed by atoms with Crippen molar-refractivity contribution in [2.75, 3.05) is 13.7 Å². The Kier molecular flexibility index (Phi) is 5.65. The highest BCUT2D eigenvalue weighted by molar-refractivity contribution is 5.77. The molecule has 3 N–H and O–H groups in total. The van der Waals surface area contributed by atoms with Gasteiger partial charge in [0.25, 0.3) is 5.91 Å². The molecule has 0 saturated heterocycles. The van der Waals surface area contributed by atoms with E-state index in [4.69, 9.17) is 10.5 Å². The highest BCUT2D eigenvalue weighted by Crippen LogP contribution is 2.24. The standard InChI is InChI=1S/C14H22N2O2/c1-4-12(15)8-11-7-5-6-10(2)14(11)18-9-13(17)16-3/h5-7,12H,4,8-9,15H2,1-3H3,(H,16,17). The van der Waals surface area contributed by atoms with Crippen LogP contribution in [0.3, 0.4) is 0 Å². The number of nitrogens with two attached hydrogens (primary N) is 1. The second kappa shape index (κ2) is 7.01. The van der Waals surface area contributed by atoms with Crippen molar-refractivity contribution < 1.29 is 9.53 Å². The molecular formula is C14H22N2O2. The van der Waals surface area contributed by atoms with E-state index in [9.17, 15) is 4.79 Å². The number of hydrogen-bond acceptors (Lipinski definition) is 3. The van der Waals surface area contributed by atoms with Gasteiger partial charge in [-0.25, -0.2) is 0 Å². The van der Waals surface area contributed by atoms with E-state index in [2.05, 4.69) is 12.2 Å². The monoisotopic (exact) mass is 250 g/mol. The molecular weight excluding hydrogens is 228 g/mol. The smallest absolute Gasteiger partial charge is 0.257 e. The first-order chi connectivity index (χ1) is 8.58. The molecule has 0 aliphatic rings. The summed E-state index contributed by atoms with van der Waals surface area (Å²) in [5.41, 5.74) is 8.06. The second-order valence-electron chi connectivity index (χ2n) is 4.40. The summed E-state index contributed by atoms with van der Waals surface area (Å²) >= 11 is 0. The highest BCUT2D eigenvalue weighted by atomic mass is 16.5. The minimum Gasteiger partial charge on any atom is -0.483 e. The van der Waals surface area contributed by atoms with Gasteiger partial charge in [0, 0.05) is 13.1 Å². The van der Waals surface area contributed by atoms with Crippen molar-refractivity contribution in [2.45, 2.75) is 32.7 Å². The molecule has 1 amide bonds. The number of carbonyl (C=O) groups excluding carboxylic acids is 1. The predicted molar refractivity (Wildman–Crippen MR) is 72.7 cm³/mol. The van der Waals surface area contributed by atoms with Crippen LogP contribution in [0.2, 0.25) is 0 Å². The topological polar surface area (TPSA) is 64.3 Å². The molecule has 0 radical (unpaired) electrons. The van der Waals surface area contributed by atoms with Gasteiger partial charge in [0.05, 0.1) is 0 Å². The lowest BCUT2D eigenvalue weighted by molar-refractivity contribution is -0.122. The molecule has 0 bridgehead atoms. The molecule has 1 atom stereocenters. The normalized spacial score (nSPS) is 12.0. The Hall–Kier alpha value is -1.55. The number of benzene rings is 1. The van der Waals surface area contributed by atoms with Gasteiger partial charge in [0.1, 0.15) is 5.75 Å². The zero-order chi connectivity index (χ0) is 13.5. The van der Waals surface area contributed by atoms with Crippen molar-refractivity contribution in [3.8, 4) is 5.75 Å². The molecule has 0 saturated carbocycles. The molecule has 1 rings (SSSR count). The molecule has 0 aliphatic heterocycles. The fraction of sp³-hybridized carbons (Fsp3) is 0.500. The van der Waals surface area contributed by atoms with E-state index in [1.165, 1.54) is 0 Å². The average Bonchev–Trinajstić information content (AvgIpc) is 2.37. The number of hydrogen-bond donors (Lipinski definition) is 2. The summed E-state index contributed by atoms with van der Waals surface area (Å²) in [4.78, 5) is 11.2. The molecule has 0 heterocycles. The fourth-order valence-corrected chi connectivity index (χ4v) is 1.72. The maximum atomic E-state index is 11.2. The van der Waals surface area contributed by atoms with Crippen molar-refractivity contribution in [3.05, 3.63) is 29.3 Å². The van der Waals surface area contributed by atoms with E-state index >= 15 is 0 Å². The summed E-state index contributed by atoms with van der Waals surface area (Å²) in [6.07, 6.45) is 1.68. The van der Waals surface area contributed by atoms with Crippen LogP contribution in [0.4, 0.5) is 0 Å². The Morgan fingerprint density at radius 2 is 2.22 bits per heavy atom. The Bertz CT molecular complexity index is 405. The Morgan fingerprint density at radius 3 is 2.83 bits per heavy atom. The molecule has 1 aromatic carbocycles. The number of amides is 1. The lowest BCUT2D eigenvalue weighted by Gasteiger charge is -2.16. The van der Waals surface area contributed by atoms with Gasteiger partial charge < -0.3 is 15.8 Å². The third-order valence-electron chi connectivity index (χ3n) is 2.93. The number of likely N-dealkylation sites (N-methyl/N-ethyl adjacent to an activating group) is 1. The van der Waals surface area contributed by atoms with Gasteiger partial charge in [0.2, 0.25) is 0 Å². The first-order valence-corrected chi connectivity index (χ1v) is 6.25.